The summed E-state index contributed by atoms with van der Waals surface area (Å²) in [4.78, 5) is 0.411. The van der Waals surface area contributed by atoms with Crippen molar-refractivity contribution in [2.75, 3.05) is 9.44 Å². The van der Waals surface area contributed by atoms with Gasteiger partial charge in [-0.15, -0.1) is 0 Å². The fraction of sp³-hybridized carbons (Fsp3) is 0.0400. The molecular weight excluding hydrogens is 456 g/mol. The molecule has 0 aromatic heterocycles. The van der Waals surface area contributed by atoms with Crippen molar-refractivity contribution < 1.29 is 16.8 Å². The Hall–Kier alpha value is -3.62. The van der Waals surface area contributed by atoms with Crippen LogP contribution in [-0.4, -0.2) is 16.8 Å². The molecule has 4 aromatic carbocycles. The molecule has 33 heavy (non-hydrogen) atoms. The van der Waals surface area contributed by atoms with Crippen molar-refractivity contribution in [3.63, 3.8) is 0 Å². The summed E-state index contributed by atoms with van der Waals surface area (Å²) in [6.45, 7) is 0. The van der Waals surface area contributed by atoms with Crippen LogP contribution in [0.2, 0.25) is 0 Å². The summed E-state index contributed by atoms with van der Waals surface area (Å²) < 4.78 is 54.9. The lowest BCUT2D eigenvalue weighted by molar-refractivity contribution is 0.599. The molecule has 0 aliphatic heterocycles. The highest BCUT2D eigenvalue weighted by atomic mass is 32.2. The maximum atomic E-state index is 12.4. The van der Waals surface area contributed by atoms with E-state index in [-0.39, 0.29) is 9.79 Å². The first-order valence-electron chi connectivity index (χ1n) is 10.2. The lowest BCUT2D eigenvalue weighted by Gasteiger charge is -2.10. The van der Waals surface area contributed by atoms with E-state index in [1.165, 1.54) is 0 Å². The van der Waals surface area contributed by atoms with Crippen LogP contribution in [0.5, 0.6) is 0 Å². The van der Waals surface area contributed by atoms with E-state index >= 15 is 0 Å². The number of rotatable bonds is 8. The van der Waals surface area contributed by atoms with Gasteiger partial charge in [-0.2, -0.15) is 0 Å². The minimum Gasteiger partial charge on any atom is -0.280 e. The Labute approximate surface area is 194 Å². The van der Waals surface area contributed by atoms with Gasteiger partial charge in [0.05, 0.1) is 9.79 Å². The van der Waals surface area contributed by atoms with E-state index in [2.05, 4.69) is 9.44 Å². The second kappa shape index (κ2) is 9.48. The highest BCUT2D eigenvalue weighted by molar-refractivity contribution is 7.93. The van der Waals surface area contributed by atoms with Crippen molar-refractivity contribution in [1.29, 1.82) is 0 Å². The van der Waals surface area contributed by atoms with Crippen LogP contribution in [0.15, 0.2) is 119 Å². The predicted octanol–water partition coefficient (Wildman–Crippen LogP) is 4.88. The van der Waals surface area contributed by atoms with E-state index in [4.69, 9.17) is 0 Å². The van der Waals surface area contributed by atoms with Crippen LogP contribution < -0.4 is 9.44 Å². The van der Waals surface area contributed by atoms with Gasteiger partial charge in [0.25, 0.3) is 20.0 Å². The second-order valence-electron chi connectivity index (χ2n) is 7.41. The summed E-state index contributed by atoms with van der Waals surface area (Å²) in [5.74, 6) is 0. The van der Waals surface area contributed by atoms with Gasteiger partial charge in [-0.3, -0.25) is 9.44 Å². The van der Waals surface area contributed by atoms with E-state index in [1.807, 2.05) is 24.3 Å². The van der Waals surface area contributed by atoms with Crippen LogP contribution in [0.25, 0.3) is 0 Å². The highest BCUT2D eigenvalue weighted by Crippen LogP contribution is 2.20. The average Bonchev–Trinajstić information content (AvgIpc) is 2.82. The van der Waals surface area contributed by atoms with Gasteiger partial charge >= 0.3 is 0 Å². The second-order valence-corrected chi connectivity index (χ2v) is 10.8. The normalized spacial score (nSPS) is 11.6. The molecule has 0 radical (unpaired) electrons. The topological polar surface area (TPSA) is 92.3 Å². The summed E-state index contributed by atoms with van der Waals surface area (Å²) in [6, 6.07) is 30.7. The lowest BCUT2D eigenvalue weighted by atomic mass is 10.0. The molecule has 0 heterocycles. The average molecular weight is 479 g/mol. The van der Waals surface area contributed by atoms with Crippen molar-refractivity contribution in [2.24, 2.45) is 0 Å². The van der Waals surface area contributed by atoms with Crippen molar-refractivity contribution in [3.05, 3.63) is 120 Å². The summed E-state index contributed by atoms with van der Waals surface area (Å²) in [5.41, 5.74) is 2.95. The van der Waals surface area contributed by atoms with Crippen LogP contribution >= 0.6 is 0 Å². The van der Waals surface area contributed by atoms with Crippen molar-refractivity contribution in [1.82, 2.24) is 0 Å². The van der Waals surface area contributed by atoms with E-state index in [0.717, 1.165) is 11.1 Å². The van der Waals surface area contributed by atoms with Crippen molar-refractivity contribution >= 4 is 31.4 Å². The van der Waals surface area contributed by atoms with Gasteiger partial charge in [-0.05, 0) is 66.1 Å². The Kier molecular flexibility index (Phi) is 6.48. The van der Waals surface area contributed by atoms with Crippen LogP contribution in [0.4, 0.5) is 11.4 Å². The minimum absolute atomic E-state index is 0.206. The van der Waals surface area contributed by atoms with Crippen molar-refractivity contribution in [2.45, 2.75) is 16.2 Å². The van der Waals surface area contributed by atoms with Gasteiger partial charge in [0.2, 0.25) is 0 Å². The molecule has 6 nitrogen and oxygen atoms in total. The number of hydrogen-bond donors (Lipinski definition) is 2. The molecule has 0 saturated heterocycles. The Morgan fingerprint density at radius 3 is 1.12 bits per heavy atom. The van der Waals surface area contributed by atoms with E-state index in [9.17, 15) is 16.8 Å². The van der Waals surface area contributed by atoms with Crippen LogP contribution in [0.1, 0.15) is 11.1 Å². The monoisotopic (exact) mass is 478 g/mol. The highest BCUT2D eigenvalue weighted by Gasteiger charge is 2.14. The number of sulfonamides is 2. The Morgan fingerprint density at radius 1 is 0.455 bits per heavy atom. The van der Waals surface area contributed by atoms with E-state index in [1.54, 1.807) is 84.9 Å². The Balaban J connectivity index is 1.39. The molecule has 0 saturated carbocycles. The molecule has 168 valence electrons. The lowest BCUT2D eigenvalue weighted by Crippen LogP contribution is -2.12. The first kappa shape index (κ1) is 22.6. The molecule has 0 spiro atoms. The van der Waals surface area contributed by atoms with Gasteiger partial charge in [0.15, 0.2) is 0 Å². The molecule has 0 amide bonds. The van der Waals surface area contributed by atoms with E-state index in [0.29, 0.717) is 17.8 Å². The number of benzene rings is 4. The Morgan fingerprint density at radius 2 is 0.788 bits per heavy atom. The molecular formula is C25H22N2O4S2. The quantitative estimate of drug-likeness (QED) is 0.378. The fourth-order valence-corrected chi connectivity index (χ4v) is 5.40. The van der Waals surface area contributed by atoms with Gasteiger partial charge in [0, 0.05) is 11.4 Å². The molecule has 0 atom stereocenters. The van der Waals surface area contributed by atoms with Gasteiger partial charge < -0.3 is 0 Å². The summed E-state index contributed by atoms with van der Waals surface area (Å²) >= 11 is 0. The third-order valence-corrected chi connectivity index (χ3v) is 7.72. The van der Waals surface area contributed by atoms with Crippen molar-refractivity contribution in [3.8, 4) is 0 Å². The zero-order valence-electron chi connectivity index (χ0n) is 17.5. The van der Waals surface area contributed by atoms with Crippen LogP contribution in [0, 0.1) is 0 Å². The Bertz CT molecular complexity index is 1310. The maximum absolute atomic E-state index is 12.4. The number of anilines is 2. The molecule has 2 N–H and O–H groups in total. The molecule has 0 bridgehead atoms. The third-order valence-electron chi connectivity index (χ3n) is 4.93. The molecule has 4 rings (SSSR count). The molecule has 0 aliphatic rings. The number of nitrogens with one attached hydrogen (secondary N) is 2. The summed E-state index contributed by atoms with van der Waals surface area (Å²) in [6.07, 6.45) is 0.622. The third kappa shape index (κ3) is 5.79. The molecule has 4 aromatic rings. The first-order chi connectivity index (χ1) is 15.8. The van der Waals surface area contributed by atoms with Crippen LogP contribution in [0.3, 0.4) is 0 Å². The smallest absolute Gasteiger partial charge is 0.261 e. The van der Waals surface area contributed by atoms with Gasteiger partial charge in [-0.25, -0.2) is 16.8 Å². The molecule has 8 heteroatoms. The molecule has 0 fully saturated rings. The standard InChI is InChI=1S/C25H22N2O4S2/c28-32(29,24-7-3-1-4-8-24)26-22-15-11-20(12-16-22)19-21-13-17-23(18-14-21)27-33(30,31)25-9-5-2-6-10-25/h1-18,26-27H,19H2. The molecule has 0 aliphatic carbocycles. The van der Waals surface area contributed by atoms with Gasteiger partial charge in [0.1, 0.15) is 0 Å². The van der Waals surface area contributed by atoms with E-state index < -0.39 is 20.0 Å². The fourth-order valence-electron chi connectivity index (χ4n) is 3.24. The molecule has 0 unspecified atom stereocenters. The largest absolute Gasteiger partial charge is 0.280 e. The zero-order valence-corrected chi connectivity index (χ0v) is 19.2. The van der Waals surface area contributed by atoms with Crippen LogP contribution in [-0.2, 0) is 26.5 Å². The van der Waals surface area contributed by atoms with Gasteiger partial charge in [-0.1, -0.05) is 60.7 Å². The number of hydrogen-bond acceptors (Lipinski definition) is 4. The maximum Gasteiger partial charge on any atom is 0.261 e. The minimum atomic E-state index is -3.63. The summed E-state index contributed by atoms with van der Waals surface area (Å²) in [5, 5.41) is 0. The summed E-state index contributed by atoms with van der Waals surface area (Å²) in [7, 11) is -7.26. The zero-order chi connectivity index (χ0) is 23.3. The first-order valence-corrected chi connectivity index (χ1v) is 13.1. The SMILES string of the molecule is O=S(=O)(Nc1ccc(Cc2ccc(NS(=O)(=O)c3ccccc3)cc2)cc1)c1ccccc1. The predicted molar refractivity (Wildman–Crippen MR) is 130 cm³/mol.